The van der Waals surface area contributed by atoms with Crippen LogP contribution in [0.3, 0.4) is 0 Å². The van der Waals surface area contributed by atoms with Gasteiger partial charge in [0, 0.05) is 25.8 Å². The zero-order valence-electron chi connectivity index (χ0n) is 13.1. The van der Waals surface area contributed by atoms with Crippen molar-refractivity contribution < 1.29 is 0 Å². The quantitative estimate of drug-likeness (QED) is 0.865. The van der Waals surface area contributed by atoms with Crippen LogP contribution in [0.15, 0.2) is 18.9 Å². The number of hydrogen-bond donors (Lipinski definition) is 0. The van der Waals surface area contributed by atoms with E-state index in [-0.39, 0.29) is 0 Å². The number of nitrogens with zero attached hydrogens (tertiary/aromatic N) is 6. The van der Waals surface area contributed by atoms with Gasteiger partial charge in [-0.2, -0.15) is 5.10 Å². The van der Waals surface area contributed by atoms with Gasteiger partial charge in [0.1, 0.15) is 18.5 Å². The molecule has 1 fully saturated rings. The molecule has 1 saturated carbocycles. The third kappa shape index (κ3) is 3.06. The van der Waals surface area contributed by atoms with Gasteiger partial charge in [-0.1, -0.05) is 19.3 Å². The van der Waals surface area contributed by atoms with Gasteiger partial charge in [-0.25, -0.2) is 14.6 Å². The molecule has 118 valence electrons. The Labute approximate surface area is 131 Å². The molecule has 6 heteroatoms. The molecule has 1 aliphatic carbocycles. The van der Waals surface area contributed by atoms with Crippen molar-refractivity contribution >= 4 is 0 Å². The van der Waals surface area contributed by atoms with E-state index in [0.29, 0.717) is 6.54 Å². The van der Waals surface area contributed by atoms with Crippen LogP contribution in [0.2, 0.25) is 0 Å². The number of rotatable bonds is 4. The topological polar surface area (TPSA) is 51.8 Å². The summed E-state index contributed by atoms with van der Waals surface area (Å²) in [6, 6.07) is 0. The van der Waals surface area contributed by atoms with Crippen molar-refractivity contribution in [1.29, 1.82) is 0 Å². The van der Waals surface area contributed by atoms with Crippen LogP contribution < -0.4 is 0 Å². The van der Waals surface area contributed by atoms with Gasteiger partial charge >= 0.3 is 0 Å². The van der Waals surface area contributed by atoms with Gasteiger partial charge in [0.05, 0.1) is 18.8 Å². The van der Waals surface area contributed by atoms with E-state index >= 15 is 0 Å². The summed E-state index contributed by atoms with van der Waals surface area (Å²) in [4.78, 5) is 11.4. The molecule has 3 heterocycles. The zero-order valence-corrected chi connectivity index (χ0v) is 13.1. The van der Waals surface area contributed by atoms with Gasteiger partial charge in [0.2, 0.25) is 0 Å². The predicted octanol–water partition coefficient (Wildman–Crippen LogP) is 1.92. The highest BCUT2D eigenvalue weighted by Gasteiger charge is 2.22. The molecule has 6 nitrogen and oxygen atoms in total. The maximum atomic E-state index is 4.80. The first-order valence-corrected chi connectivity index (χ1v) is 8.46. The molecule has 1 aliphatic heterocycles. The van der Waals surface area contributed by atoms with E-state index in [1.165, 1.54) is 44.5 Å². The fraction of sp³-hybridized carbons (Fsp3) is 0.688. The van der Waals surface area contributed by atoms with Crippen molar-refractivity contribution in [2.24, 2.45) is 5.92 Å². The molecular weight excluding hydrogens is 276 g/mol. The van der Waals surface area contributed by atoms with Gasteiger partial charge in [0.15, 0.2) is 0 Å². The molecule has 2 aromatic rings. The summed E-state index contributed by atoms with van der Waals surface area (Å²) < 4.78 is 4.14. The summed E-state index contributed by atoms with van der Waals surface area (Å²) in [5.41, 5.74) is 1.08. The van der Waals surface area contributed by atoms with Crippen LogP contribution in [0.4, 0.5) is 0 Å². The SMILES string of the molecule is c1ncn(Cc2cn3c(n2)CN(CC2CCCCC2)CC3)n1. The maximum absolute atomic E-state index is 4.80. The summed E-state index contributed by atoms with van der Waals surface area (Å²) in [6.45, 7) is 5.18. The van der Waals surface area contributed by atoms with E-state index < -0.39 is 0 Å². The highest BCUT2D eigenvalue weighted by atomic mass is 15.3. The first kappa shape index (κ1) is 13.9. The molecule has 0 unspecified atom stereocenters. The lowest BCUT2D eigenvalue weighted by atomic mass is 9.89. The van der Waals surface area contributed by atoms with Crippen LogP contribution in [-0.4, -0.2) is 42.3 Å². The fourth-order valence-corrected chi connectivity index (χ4v) is 3.81. The minimum atomic E-state index is 0.711. The molecule has 0 spiro atoms. The van der Waals surface area contributed by atoms with E-state index in [1.54, 1.807) is 12.7 Å². The van der Waals surface area contributed by atoms with Crippen molar-refractivity contribution in [3.63, 3.8) is 0 Å². The fourth-order valence-electron chi connectivity index (χ4n) is 3.81. The summed E-state index contributed by atoms with van der Waals surface area (Å²) in [5.74, 6) is 2.11. The molecule has 0 N–H and O–H groups in total. The second-order valence-corrected chi connectivity index (χ2v) is 6.67. The van der Waals surface area contributed by atoms with Gasteiger partial charge in [0.25, 0.3) is 0 Å². The van der Waals surface area contributed by atoms with E-state index in [2.05, 4.69) is 25.7 Å². The Morgan fingerprint density at radius 3 is 2.86 bits per heavy atom. The number of aromatic nitrogens is 5. The summed E-state index contributed by atoms with van der Waals surface area (Å²) >= 11 is 0. The maximum Gasteiger partial charge on any atom is 0.137 e. The minimum Gasteiger partial charge on any atom is -0.332 e. The molecule has 0 saturated heterocycles. The van der Waals surface area contributed by atoms with Gasteiger partial charge in [-0.05, 0) is 18.8 Å². The third-order valence-corrected chi connectivity index (χ3v) is 4.96. The first-order valence-electron chi connectivity index (χ1n) is 8.46. The largest absolute Gasteiger partial charge is 0.332 e. The Balaban J connectivity index is 1.39. The van der Waals surface area contributed by atoms with Crippen LogP contribution in [-0.2, 0) is 19.6 Å². The Morgan fingerprint density at radius 1 is 1.14 bits per heavy atom. The van der Waals surface area contributed by atoms with Crippen molar-refractivity contribution in [2.45, 2.75) is 51.7 Å². The Bertz CT molecular complexity index is 596. The zero-order chi connectivity index (χ0) is 14.8. The monoisotopic (exact) mass is 300 g/mol. The Morgan fingerprint density at radius 2 is 2.05 bits per heavy atom. The molecule has 0 atom stereocenters. The van der Waals surface area contributed by atoms with E-state index in [4.69, 9.17) is 4.98 Å². The summed E-state index contributed by atoms with van der Waals surface area (Å²) in [6.07, 6.45) is 12.6. The van der Waals surface area contributed by atoms with Crippen molar-refractivity contribution in [3.8, 4) is 0 Å². The number of fused-ring (bicyclic) bond motifs is 1. The molecule has 4 rings (SSSR count). The predicted molar refractivity (Wildman–Crippen MR) is 83.2 cm³/mol. The minimum absolute atomic E-state index is 0.711. The summed E-state index contributed by atoms with van der Waals surface area (Å²) in [5, 5.41) is 4.16. The van der Waals surface area contributed by atoms with Crippen molar-refractivity contribution in [2.75, 3.05) is 13.1 Å². The molecule has 0 bridgehead atoms. The third-order valence-electron chi connectivity index (χ3n) is 4.96. The highest BCUT2D eigenvalue weighted by Crippen LogP contribution is 2.25. The van der Waals surface area contributed by atoms with Crippen molar-refractivity contribution in [1.82, 2.24) is 29.2 Å². The Kier molecular flexibility index (Phi) is 3.93. The number of hydrogen-bond acceptors (Lipinski definition) is 4. The molecule has 22 heavy (non-hydrogen) atoms. The van der Waals surface area contributed by atoms with Crippen LogP contribution in [0.1, 0.15) is 43.6 Å². The van der Waals surface area contributed by atoms with Crippen LogP contribution in [0, 0.1) is 5.92 Å². The number of imidazole rings is 1. The second kappa shape index (κ2) is 6.20. The molecule has 2 aliphatic rings. The van der Waals surface area contributed by atoms with Crippen LogP contribution >= 0.6 is 0 Å². The second-order valence-electron chi connectivity index (χ2n) is 6.67. The van der Waals surface area contributed by atoms with E-state index in [0.717, 1.165) is 31.2 Å². The summed E-state index contributed by atoms with van der Waals surface area (Å²) in [7, 11) is 0. The first-order chi connectivity index (χ1) is 10.9. The average molecular weight is 300 g/mol. The van der Waals surface area contributed by atoms with E-state index in [1.807, 2.05) is 4.68 Å². The van der Waals surface area contributed by atoms with Gasteiger partial charge in [-0.3, -0.25) is 4.90 Å². The van der Waals surface area contributed by atoms with Gasteiger partial charge < -0.3 is 4.57 Å². The lowest BCUT2D eigenvalue weighted by Gasteiger charge is -2.32. The Hall–Kier alpha value is -1.69. The van der Waals surface area contributed by atoms with Crippen LogP contribution in [0.5, 0.6) is 0 Å². The lowest BCUT2D eigenvalue weighted by molar-refractivity contribution is 0.165. The molecule has 0 radical (unpaired) electrons. The smallest absolute Gasteiger partial charge is 0.137 e. The molecular formula is C16H24N6. The normalized spacial score (nSPS) is 20.2. The molecule has 0 aromatic carbocycles. The molecule has 0 amide bonds. The highest BCUT2D eigenvalue weighted by molar-refractivity contribution is 5.06. The average Bonchev–Trinajstić information content (AvgIpc) is 3.17. The van der Waals surface area contributed by atoms with Gasteiger partial charge in [-0.15, -0.1) is 0 Å². The molecule has 2 aromatic heterocycles. The van der Waals surface area contributed by atoms with Crippen LogP contribution in [0.25, 0.3) is 0 Å². The van der Waals surface area contributed by atoms with E-state index in [9.17, 15) is 0 Å². The van der Waals surface area contributed by atoms with Crippen molar-refractivity contribution in [3.05, 3.63) is 30.4 Å². The lowest BCUT2D eigenvalue weighted by Crippen LogP contribution is -2.37. The standard InChI is InChI=1S/C16H24N6/c1-2-4-14(5-3-1)8-20-6-7-21-9-15(19-16(21)11-20)10-22-13-17-12-18-22/h9,12-14H,1-8,10-11H2.